The summed E-state index contributed by atoms with van der Waals surface area (Å²) in [4.78, 5) is 17.2. The molecular formula is C23H36N2O2Sn. The molecular weight excluding hydrogens is 455 g/mol. The van der Waals surface area contributed by atoms with Crippen LogP contribution in [0.15, 0.2) is 28.2 Å². The van der Waals surface area contributed by atoms with Crippen molar-refractivity contribution in [3.63, 3.8) is 0 Å². The second-order valence-electron chi connectivity index (χ2n) is 10.0. The molecule has 0 saturated carbocycles. The first-order chi connectivity index (χ1) is 13.1. The van der Waals surface area contributed by atoms with Crippen molar-refractivity contribution >= 4 is 33.8 Å². The van der Waals surface area contributed by atoms with Crippen LogP contribution in [0.4, 0.5) is 0 Å². The van der Waals surface area contributed by atoms with Crippen molar-refractivity contribution in [1.29, 1.82) is 0 Å². The molecule has 0 N–H and O–H groups in total. The molecule has 0 bridgehead atoms. The molecule has 154 valence electrons. The zero-order chi connectivity index (χ0) is 20.5. The number of hydrogen-bond donors (Lipinski definition) is 0. The molecule has 1 aromatic carbocycles. The molecule has 0 amide bonds. The first-order valence-corrected chi connectivity index (χ1v) is 20.7. The minimum atomic E-state index is -2.51. The van der Waals surface area contributed by atoms with E-state index in [2.05, 4.69) is 60.7 Å². The summed E-state index contributed by atoms with van der Waals surface area (Å²) in [6.45, 7) is 10.4. The van der Waals surface area contributed by atoms with E-state index in [0.717, 1.165) is 24.6 Å². The van der Waals surface area contributed by atoms with Crippen molar-refractivity contribution < 1.29 is 9.47 Å². The SMILES string of the molecule is CC(C)C[C@H]1COC(c2cccc(C3=N[C@@H](CC(C)C)CO3)[c]2[Sn]([CH3])([CH3])[CH3])=N1. The summed E-state index contributed by atoms with van der Waals surface area (Å²) in [5.74, 6) is 2.91. The van der Waals surface area contributed by atoms with Crippen molar-refractivity contribution in [1.82, 2.24) is 0 Å². The number of nitrogens with zero attached hydrogens (tertiary/aromatic N) is 2. The molecule has 2 aliphatic heterocycles. The molecule has 5 heteroatoms. The zero-order valence-electron chi connectivity index (χ0n) is 18.6. The maximum atomic E-state index is 6.08. The third-order valence-corrected chi connectivity index (χ3v) is 11.0. The van der Waals surface area contributed by atoms with Crippen LogP contribution >= 0.6 is 0 Å². The third kappa shape index (κ3) is 5.11. The molecule has 2 atom stereocenters. The molecule has 0 fully saturated rings. The van der Waals surface area contributed by atoms with Crippen LogP contribution in [0.5, 0.6) is 0 Å². The van der Waals surface area contributed by atoms with E-state index < -0.39 is 18.4 Å². The Hall–Kier alpha value is -1.04. The van der Waals surface area contributed by atoms with Gasteiger partial charge in [-0.1, -0.05) is 0 Å². The summed E-state index contributed by atoms with van der Waals surface area (Å²) in [6, 6.07) is 7.02. The Morgan fingerprint density at radius 3 is 1.64 bits per heavy atom. The summed E-state index contributed by atoms with van der Waals surface area (Å²) >= 11 is -2.51. The summed E-state index contributed by atoms with van der Waals surface area (Å²) in [5.41, 5.74) is 2.34. The molecule has 0 aromatic heterocycles. The molecule has 2 heterocycles. The Bertz CT molecular complexity index is 708. The van der Waals surface area contributed by atoms with Crippen molar-refractivity contribution in [2.24, 2.45) is 21.8 Å². The van der Waals surface area contributed by atoms with Crippen LogP contribution in [0.3, 0.4) is 0 Å². The standard InChI is InChI=1S/C20H27N2O2.3CH3.Sn/c1-13(2)8-17-11-23-19(21-17)15-6-5-7-16(10-15)20-22-18(12-24-20)9-14(3)4;;;;/h5-7,13-14,17-18H,8-9,11-12H2,1-4H3;3*1H3;/t17-,18-;;;;/m0..../s1. The van der Waals surface area contributed by atoms with Gasteiger partial charge in [0.05, 0.1) is 0 Å². The van der Waals surface area contributed by atoms with Crippen molar-refractivity contribution in [3.05, 3.63) is 29.3 Å². The van der Waals surface area contributed by atoms with Crippen LogP contribution in [-0.2, 0) is 9.47 Å². The van der Waals surface area contributed by atoms with Crippen LogP contribution in [0.2, 0.25) is 14.8 Å². The molecule has 3 rings (SSSR count). The van der Waals surface area contributed by atoms with Crippen molar-refractivity contribution in [2.75, 3.05) is 13.2 Å². The zero-order valence-corrected chi connectivity index (χ0v) is 21.4. The van der Waals surface area contributed by atoms with Gasteiger partial charge in [0.15, 0.2) is 0 Å². The molecule has 0 radical (unpaired) electrons. The number of benzene rings is 1. The predicted molar refractivity (Wildman–Crippen MR) is 121 cm³/mol. The monoisotopic (exact) mass is 492 g/mol. The van der Waals surface area contributed by atoms with E-state index in [1.54, 1.807) is 0 Å². The van der Waals surface area contributed by atoms with Gasteiger partial charge < -0.3 is 0 Å². The summed E-state index contributed by atoms with van der Waals surface area (Å²) in [5, 5.41) is 0. The van der Waals surface area contributed by atoms with Crippen molar-refractivity contribution in [2.45, 2.75) is 67.4 Å². The van der Waals surface area contributed by atoms with Gasteiger partial charge in [-0.2, -0.15) is 0 Å². The predicted octanol–water partition coefficient (Wildman–Crippen LogP) is 4.61. The Balaban J connectivity index is 1.99. The van der Waals surface area contributed by atoms with E-state index >= 15 is 0 Å². The van der Waals surface area contributed by atoms with E-state index in [4.69, 9.17) is 19.5 Å². The quantitative estimate of drug-likeness (QED) is 0.523. The van der Waals surface area contributed by atoms with E-state index in [1.807, 2.05) is 0 Å². The number of rotatable bonds is 7. The van der Waals surface area contributed by atoms with Crippen LogP contribution < -0.4 is 3.58 Å². The van der Waals surface area contributed by atoms with Crippen molar-refractivity contribution in [3.8, 4) is 0 Å². The fourth-order valence-electron chi connectivity index (χ4n) is 4.17. The Labute approximate surface area is 174 Å². The van der Waals surface area contributed by atoms with E-state index in [0.29, 0.717) is 25.0 Å². The Morgan fingerprint density at radius 1 is 0.857 bits per heavy atom. The van der Waals surface area contributed by atoms with Gasteiger partial charge in [-0.15, -0.1) is 0 Å². The van der Waals surface area contributed by atoms with E-state index in [1.165, 1.54) is 14.7 Å². The second-order valence-corrected chi connectivity index (χ2v) is 24.3. The summed E-state index contributed by atoms with van der Waals surface area (Å²) < 4.78 is 13.6. The van der Waals surface area contributed by atoms with Gasteiger partial charge in [0.2, 0.25) is 0 Å². The summed E-state index contributed by atoms with van der Waals surface area (Å²) in [7, 11) is 0. The van der Waals surface area contributed by atoms with Crippen LogP contribution in [0.25, 0.3) is 0 Å². The minimum absolute atomic E-state index is 0.275. The van der Waals surface area contributed by atoms with Gasteiger partial charge in [0, 0.05) is 0 Å². The number of aliphatic imine (C=N–C) groups is 2. The molecule has 1 aromatic rings. The molecule has 28 heavy (non-hydrogen) atoms. The van der Waals surface area contributed by atoms with E-state index in [-0.39, 0.29) is 12.1 Å². The van der Waals surface area contributed by atoms with Crippen LogP contribution in [0, 0.1) is 11.8 Å². The third-order valence-electron chi connectivity index (χ3n) is 5.19. The van der Waals surface area contributed by atoms with Crippen LogP contribution in [0.1, 0.15) is 51.7 Å². The normalized spacial score (nSPS) is 22.3. The van der Waals surface area contributed by atoms with E-state index in [9.17, 15) is 0 Å². The summed E-state index contributed by atoms with van der Waals surface area (Å²) in [6.07, 6.45) is 2.15. The number of hydrogen-bond acceptors (Lipinski definition) is 4. The van der Waals surface area contributed by atoms with Gasteiger partial charge in [-0.05, 0) is 0 Å². The van der Waals surface area contributed by atoms with Gasteiger partial charge >= 0.3 is 175 Å². The average molecular weight is 491 g/mol. The molecule has 4 nitrogen and oxygen atoms in total. The molecule has 2 aliphatic rings. The Morgan fingerprint density at radius 2 is 1.29 bits per heavy atom. The van der Waals surface area contributed by atoms with Gasteiger partial charge in [0.1, 0.15) is 0 Å². The molecule has 0 unspecified atom stereocenters. The average Bonchev–Trinajstić information content (AvgIpc) is 3.22. The van der Waals surface area contributed by atoms with Gasteiger partial charge in [-0.3, -0.25) is 0 Å². The van der Waals surface area contributed by atoms with Gasteiger partial charge in [0.25, 0.3) is 0 Å². The van der Waals surface area contributed by atoms with Crippen LogP contribution in [-0.4, -0.2) is 55.5 Å². The number of ether oxygens (including phenoxy) is 2. The maximum absolute atomic E-state index is 6.08. The molecule has 0 aliphatic carbocycles. The van der Waals surface area contributed by atoms with Gasteiger partial charge in [-0.25, -0.2) is 0 Å². The Kier molecular flexibility index (Phi) is 6.78. The molecule has 0 saturated heterocycles. The fraction of sp³-hybridized carbons (Fsp3) is 0.652. The fourth-order valence-corrected chi connectivity index (χ4v) is 9.87. The first-order valence-electron chi connectivity index (χ1n) is 10.7. The first kappa shape index (κ1) is 21.7. The second kappa shape index (κ2) is 8.76. The molecule has 0 spiro atoms. The topological polar surface area (TPSA) is 43.2 Å².